The van der Waals surface area contributed by atoms with Crippen molar-refractivity contribution in [2.24, 2.45) is 0 Å². The predicted molar refractivity (Wildman–Crippen MR) is 96.2 cm³/mol. The molecule has 0 saturated carbocycles. The van der Waals surface area contributed by atoms with Crippen LogP contribution in [0.4, 0.5) is 10.1 Å². The van der Waals surface area contributed by atoms with Crippen molar-refractivity contribution in [3.05, 3.63) is 59.7 Å². The number of likely N-dealkylation sites (N-methyl/N-ethyl adjacent to an activating group) is 1. The van der Waals surface area contributed by atoms with Gasteiger partial charge in [-0.3, -0.25) is 9.78 Å². The molecular weight excluding hydrogens is 319 g/mol. The maximum Gasteiger partial charge on any atom is 0.255 e. The van der Waals surface area contributed by atoms with Crippen LogP contribution in [0.15, 0.2) is 42.7 Å². The summed E-state index contributed by atoms with van der Waals surface area (Å²) in [6, 6.07) is 8.57. The highest BCUT2D eigenvalue weighted by molar-refractivity contribution is 5.94. The molecule has 6 heteroatoms. The topological polar surface area (TPSA) is 48.5 Å². The molecule has 0 atom stereocenters. The summed E-state index contributed by atoms with van der Waals surface area (Å²) >= 11 is 0. The van der Waals surface area contributed by atoms with Gasteiger partial charge in [0.15, 0.2) is 0 Å². The molecule has 0 spiro atoms. The van der Waals surface area contributed by atoms with Crippen LogP contribution >= 0.6 is 0 Å². The van der Waals surface area contributed by atoms with Crippen LogP contribution in [0.3, 0.4) is 0 Å². The number of halogens is 1. The zero-order valence-electron chi connectivity index (χ0n) is 14.4. The summed E-state index contributed by atoms with van der Waals surface area (Å²) in [4.78, 5) is 20.8. The van der Waals surface area contributed by atoms with Gasteiger partial charge in [0.05, 0.1) is 11.3 Å². The Kier molecular flexibility index (Phi) is 5.60. The van der Waals surface area contributed by atoms with Crippen molar-refractivity contribution < 1.29 is 9.18 Å². The van der Waals surface area contributed by atoms with Gasteiger partial charge in [-0.2, -0.15) is 0 Å². The van der Waals surface area contributed by atoms with E-state index in [-0.39, 0.29) is 11.7 Å². The van der Waals surface area contributed by atoms with Gasteiger partial charge in [0.25, 0.3) is 5.91 Å². The number of carbonyl (C=O) groups is 1. The van der Waals surface area contributed by atoms with E-state index in [4.69, 9.17) is 0 Å². The van der Waals surface area contributed by atoms with Crippen LogP contribution in [-0.2, 0) is 6.42 Å². The Balaban J connectivity index is 1.58. The Morgan fingerprint density at radius 3 is 2.72 bits per heavy atom. The lowest BCUT2D eigenvalue weighted by Gasteiger charge is -2.32. The van der Waals surface area contributed by atoms with Crippen molar-refractivity contribution in [3.8, 4) is 0 Å². The van der Waals surface area contributed by atoms with Crippen molar-refractivity contribution in [3.63, 3.8) is 0 Å². The van der Waals surface area contributed by atoms with Crippen molar-refractivity contribution in [2.45, 2.75) is 6.42 Å². The predicted octanol–water partition coefficient (Wildman–Crippen LogP) is 2.26. The Morgan fingerprint density at radius 2 is 1.96 bits per heavy atom. The second-order valence-electron chi connectivity index (χ2n) is 6.33. The van der Waals surface area contributed by atoms with Crippen LogP contribution < -0.4 is 5.32 Å². The minimum absolute atomic E-state index is 0.0124. The van der Waals surface area contributed by atoms with Crippen LogP contribution in [-0.4, -0.2) is 60.5 Å². The van der Waals surface area contributed by atoms with E-state index in [2.05, 4.69) is 22.2 Å². The molecule has 1 aliphatic rings. The zero-order valence-corrected chi connectivity index (χ0v) is 14.4. The van der Waals surface area contributed by atoms with Crippen LogP contribution in [0.2, 0.25) is 0 Å². The number of amides is 1. The number of anilines is 1. The van der Waals surface area contributed by atoms with Gasteiger partial charge in [-0.15, -0.1) is 0 Å². The molecule has 1 amide bonds. The number of hydrogen-bond acceptors (Lipinski definition) is 4. The molecule has 0 radical (unpaired) electrons. The van der Waals surface area contributed by atoms with E-state index in [1.807, 2.05) is 17.0 Å². The third kappa shape index (κ3) is 4.54. The highest BCUT2D eigenvalue weighted by Crippen LogP contribution is 2.13. The summed E-state index contributed by atoms with van der Waals surface area (Å²) in [5.41, 5.74) is 2.03. The summed E-state index contributed by atoms with van der Waals surface area (Å²) in [6.45, 7) is 3.83. The molecule has 3 rings (SSSR count). The SMILES string of the molecule is CN1CCN(C(=O)c2cncc(NCCc3ccccc3F)c2)CC1. The van der Waals surface area contributed by atoms with Gasteiger partial charge in [0, 0.05) is 45.1 Å². The van der Waals surface area contributed by atoms with Gasteiger partial charge >= 0.3 is 0 Å². The minimum Gasteiger partial charge on any atom is -0.383 e. The first-order valence-electron chi connectivity index (χ1n) is 8.53. The Morgan fingerprint density at radius 1 is 1.20 bits per heavy atom. The maximum absolute atomic E-state index is 13.6. The van der Waals surface area contributed by atoms with Crippen LogP contribution in [0, 0.1) is 5.82 Å². The lowest BCUT2D eigenvalue weighted by molar-refractivity contribution is 0.0663. The van der Waals surface area contributed by atoms with Crippen LogP contribution in [0.25, 0.3) is 0 Å². The Labute approximate surface area is 147 Å². The van der Waals surface area contributed by atoms with Crippen molar-refractivity contribution >= 4 is 11.6 Å². The van der Waals surface area contributed by atoms with Crippen LogP contribution in [0.5, 0.6) is 0 Å². The van der Waals surface area contributed by atoms with Crippen molar-refractivity contribution in [1.82, 2.24) is 14.8 Å². The molecule has 25 heavy (non-hydrogen) atoms. The number of rotatable bonds is 5. The van der Waals surface area contributed by atoms with Gasteiger partial charge in [-0.05, 0) is 31.2 Å². The summed E-state index contributed by atoms with van der Waals surface area (Å²) in [5, 5.41) is 3.22. The number of carbonyl (C=O) groups excluding carboxylic acids is 1. The number of pyridine rings is 1. The molecule has 1 saturated heterocycles. The van der Waals surface area contributed by atoms with Gasteiger partial charge in [0.1, 0.15) is 5.82 Å². The van der Waals surface area contributed by atoms with E-state index < -0.39 is 0 Å². The lowest BCUT2D eigenvalue weighted by atomic mass is 10.1. The first-order valence-corrected chi connectivity index (χ1v) is 8.53. The third-order valence-electron chi connectivity index (χ3n) is 4.46. The number of nitrogens with one attached hydrogen (secondary N) is 1. The second-order valence-corrected chi connectivity index (χ2v) is 6.33. The van der Waals surface area contributed by atoms with E-state index in [0.717, 1.165) is 31.9 Å². The zero-order chi connectivity index (χ0) is 17.6. The van der Waals surface area contributed by atoms with Crippen LogP contribution in [0.1, 0.15) is 15.9 Å². The summed E-state index contributed by atoms with van der Waals surface area (Å²) < 4.78 is 13.6. The molecule has 0 bridgehead atoms. The Bertz CT molecular complexity index is 729. The van der Waals surface area contributed by atoms with Crippen molar-refractivity contribution in [1.29, 1.82) is 0 Å². The van der Waals surface area contributed by atoms with Gasteiger partial charge < -0.3 is 15.1 Å². The standard InChI is InChI=1S/C19H23FN4O/c1-23-8-10-24(11-9-23)19(25)16-12-17(14-21-13-16)22-7-6-15-4-2-3-5-18(15)20/h2-5,12-14,22H,6-11H2,1H3. The minimum atomic E-state index is -0.193. The number of hydrogen-bond donors (Lipinski definition) is 1. The monoisotopic (exact) mass is 342 g/mol. The van der Waals surface area contributed by atoms with Gasteiger partial charge in [-0.25, -0.2) is 4.39 Å². The van der Waals surface area contributed by atoms with E-state index in [1.165, 1.54) is 6.07 Å². The highest BCUT2D eigenvalue weighted by atomic mass is 19.1. The van der Waals surface area contributed by atoms with Gasteiger partial charge in [-0.1, -0.05) is 18.2 Å². The number of benzene rings is 1. The first-order chi connectivity index (χ1) is 12.1. The molecule has 5 nitrogen and oxygen atoms in total. The van der Waals surface area contributed by atoms with Gasteiger partial charge in [0.2, 0.25) is 0 Å². The van der Waals surface area contributed by atoms with E-state index in [9.17, 15) is 9.18 Å². The maximum atomic E-state index is 13.6. The van der Waals surface area contributed by atoms with E-state index >= 15 is 0 Å². The quantitative estimate of drug-likeness (QED) is 0.906. The smallest absolute Gasteiger partial charge is 0.255 e. The molecule has 2 heterocycles. The summed E-state index contributed by atoms with van der Waals surface area (Å²) in [5.74, 6) is -0.181. The third-order valence-corrected chi connectivity index (χ3v) is 4.46. The van der Waals surface area contributed by atoms with Crippen molar-refractivity contribution in [2.75, 3.05) is 45.1 Å². The highest BCUT2D eigenvalue weighted by Gasteiger charge is 2.20. The molecule has 2 aromatic rings. The summed E-state index contributed by atoms with van der Waals surface area (Å²) in [6.07, 6.45) is 3.86. The lowest BCUT2D eigenvalue weighted by Crippen LogP contribution is -2.47. The molecule has 1 aromatic carbocycles. The average molecular weight is 342 g/mol. The average Bonchev–Trinajstić information content (AvgIpc) is 2.64. The molecular formula is C19H23FN4O. The molecule has 0 unspecified atom stereocenters. The normalized spacial score (nSPS) is 15.2. The van der Waals surface area contributed by atoms with E-state index in [0.29, 0.717) is 24.1 Å². The molecule has 1 fully saturated rings. The molecule has 1 aliphatic heterocycles. The fraction of sp³-hybridized carbons (Fsp3) is 0.368. The molecule has 1 aromatic heterocycles. The Hall–Kier alpha value is -2.47. The molecule has 1 N–H and O–H groups in total. The fourth-order valence-electron chi connectivity index (χ4n) is 2.89. The number of piperazine rings is 1. The number of aromatic nitrogens is 1. The summed E-state index contributed by atoms with van der Waals surface area (Å²) in [7, 11) is 2.06. The molecule has 132 valence electrons. The number of nitrogens with zero attached hydrogens (tertiary/aromatic N) is 3. The second kappa shape index (κ2) is 8.07. The molecule has 0 aliphatic carbocycles. The first kappa shape index (κ1) is 17.4. The van der Waals surface area contributed by atoms with E-state index in [1.54, 1.807) is 24.5 Å². The fourth-order valence-corrected chi connectivity index (χ4v) is 2.89. The largest absolute Gasteiger partial charge is 0.383 e.